The zero-order valence-electron chi connectivity index (χ0n) is 12.7. The Morgan fingerprint density at radius 1 is 1.21 bits per heavy atom. The lowest BCUT2D eigenvalue weighted by Crippen LogP contribution is -2.34. The Morgan fingerprint density at radius 3 is 2.50 bits per heavy atom. The van der Waals surface area contributed by atoms with Crippen molar-refractivity contribution < 1.29 is 18.9 Å². The van der Waals surface area contributed by atoms with Gasteiger partial charge in [-0.05, 0) is 30.3 Å². The van der Waals surface area contributed by atoms with Crippen LogP contribution in [0.4, 0.5) is 15.8 Å². The SMILES string of the molecule is CN(CC(=O)Nc1ccc(F)cc1)C(=O)c1cccc([N+](=O)[O-])c1. The maximum absolute atomic E-state index is 12.8. The van der Waals surface area contributed by atoms with Crippen molar-refractivity contribution in [1.82, 2.24) is 4.90 Å². The molecule has 0 heterocycles. The van der Waals surface area contributed by atoms with Crippen molar-refractivity contribution in [2.24, 2.45) is 0 Å². The summed E-state index contributed by atoms with van der Waals surface area (Å²) in [6, 6.07) is 10.5. The van der Waals surface area contributed by atoms with E-state index in [1.807, 2.05) is 0 Å². The molecular formula is C16H14FN3O4. The molecule has 0 radical (unpaired) electrons. The molecule has 2 amide bonds. The van der Waals surface area contributed by atoms with Gasteiger partial charge in [0, 0.05) is 30.4 Å². The number of halogens is 1. The van der Waals surface area contributed by atoms with Gasteiger partial charge in [0.25, 0.3) is 11.6 Å². The van der Waals surface area contributed by atoms with E-state index in [1.54, 1.807) is 0 Å². The quantitative estimate of drug-likeness (QED) is 0.673. The molecule has 0 aliphatic heterocycles. The summed E-state index contributed by atoms with van der Waals surface area (Å²) in [5.74, 6) is -1.41. The van der Waals surface area contributed by atoms with E-state index in [0.29, 0.717) is 5.69 Å². The number of anilines is 1. The Kier molecular flexibility index (Phi) is 5.20. The molecule has 2 aromatic carbocycles. The number of nitro groups is 1. The van der Waals surface area contributed by atoms with Gasteiger partial charge in [-0.25, -0.2) is 4.39 Å². The fraction of sp³-hybridized carbons (Fsp3) is 0.125. The second-order valence-corrected chi connectivity index (χ2v) is 5.02. The predicted octanol–water partition coefficient (Wildman–Crippen LogP) is 2.44. The lowest BCUT2D eigenvalue weighted by Gasteiger charge is -2.16. The highest BCUT2D eigenvalue weighted by Crippen LogP contribution is 2.14. The molecule has 8 heteroatoms. The number of carbonyl (C=O) groups is 2. The number of benzene rings is 2. The number of hydrogen-bond donors (Lipinski definition) is 1. The van der Waals surface area contributed by atoms with E-state index in [2.05, 4.69) is 5.32 Å². The molecule has 0 fully saturated rings. The molecule has 124 valence electrons. The molecule has 1 N–H and O–H groups in total. The van der Waals surface area contributed by atoms with Crippen LogP contribution in [0.1, 0.15) is 10.4 Å². The predicted molar refractivity (Wildman–Crippen MR) is 85.1 cm³/mol. The minimum atomic E-state index is -0.599. The van der Waals surface area contributed by atoms with Gasteiger partial charge >= 0.3 is 0 Å². The van der Waals surface area contributed by atoms with Gasteiger partial charge in [-0.2, -0.15) is 0 Å². The first-order chi connectivity index (χ1) is 11.4. The molecule has 7 nitrogen and oxygen atoms in total. The van der Waals surface area contributed by atoms with Crippen LogP contribution in [0.15, 0.2) is 48.5 Å². The van der Waals surface area contributed by atoms with Gasteiger partial charge in [-0.1, -0.05) is 6.07 Å². The highest BCUT2D eigenvalue weighted by molar-refractivity contribution is 5.99. The number of amides is 2. The average Bonchev–Trinajstić information content (AvgIpc) is 2.56. The van der Waals surface area contributed by atoms with Crippen molar-refractivity contribution in [3.63, 3.8) is 0 Å². The third-order valence-corrected chi connectivity index (χ3v) is 3.16. The molecule has 0 atom stereocenters. The van der Waals surface area contributed by atoms with E-state index in [4.69, 9.17) is 0 Å². The molecule has 0 spiro atoms. The van der Waals surface area contributed by atoms with Crippen molar-refractivity contribution in [3.8, 4) is 0 Å². The first-order valence-electron chi connectivity index (χ1n) is 6.92. The summed E-state index contributed by atoms with van der Waals surface area (Å²) in [6.45, 7) is -0.251. The summed E-state index contributed by atoms with van der Waals surface area (Å²) in [7, 11) is 1.41. The van der Waals surface area contributed by atoms with Gasteiger partial charge in [0.1, 0.15) is 5.82 Å². The minimum absolute atomic E-state index is 0.112. The lowest BCUT2D eigenvalue weighted by molar-refractivity contribution is -0.384. The molecule has 24 heavy (non-hydrogen) atoms. The van der Waals surface area contributed by atoms with Gasteiger partial charge in [-0.3, -0.25) is 19.7 Å². The Hall–Kier alpha value is -3.29. The largest absolute Gasteiger partial charge is 0.332 e. The van der Waals surface area contributed by atoms with Gasteiger partial charge < -0.3 is 10.2 Å². The number of non-ortho nitro benzene ring substituents is 1. The summed E-state index contributed by atoms with van der Waals surface area (Å²) >= 11 is 0. The van der Waals surface area contributed by atoms with E-state index < -0.39 is 22.6 Å². The van der Waals surface area contributed by atoms with Gasteiger partial charge in [0.15, 0.2) is 0 Å². The topological polar surface area (TPSA) is 92.6 Å². The number of nitro benzene ring substituents is 1. The highest BCUT2D eigenvalue weighted by Gasteiger charge is 2.17. The van der Waals surface area contributed by atoms with Crippen LogP contribution in [0.3, 0.4) is 0 Å². The van der Waals surface area contributed by atoms with Crippen molar-refractivity contribution in [2.75, 3.05) is 18.9 Å². The van der Waals surface area contributed by atoms with E-state index >= 15 is 0 Å². The van der Waals surface area contributed by atoms with Crippen molar-refractivity contribution in [2.45, 2.75) is 0 Å². The Bertz CT molecular complexity index is 777. The zero-order chi connectivity index (χ0) is 17.7. The molecule has 0 saturated heterocycles. The van der Waals surface area contributed by atoms with Crippen LogP contribution in [0, 0.1) is 15.9 Å². The number of carbonyl (C=O) groups excluding carboxylic acids is 2. The van der Waals surface area contributed by atoms with Crippen LogP contribution in [0.5, 0.6) is 0 Å². The van der Waals surface area contributed by atoms with Crippen molar-refractivity contribution in [1.29, 1.82) is 0 Å². The summed E-state index contributed by atoms with van der Waals surface area (Å²) in [5.41, 5.74) is 0.309. The maximum Gasteiger partial charge on any atom is 0.270 e. The van der Waals surface area contributed by atoms with Crippen LogP contribution in [0.2, 0.25) is 0 Å². The molecular weight excluding hydrogens is 317 g/mol. The number of hydrogen-bond acceptors (Lipinski definition) is 4. The van der Waals surface area contributed by atoms with E-state index in [1.165, 1.54) is 49.5 Å². The average molecular weight is 331 g/mol. The number of rotatable bonds is 5. The number of likely N-dealkylation sites (N-methyl/N-ethyl adjacent to an activating group) is 1. The van der Waals surface area contributed by atoms with Gasteiger partial charge in [0.05, 0.1) is 11.5 Å². The highest BCUT2D eigenvalue weighted by atomic mass is 19.1. The summed E-state index contributed by atoms with van der Waals surface area (Å²) in [6.07, 6.45) is 0. The summed E-state index contributed by atoms with van der Waals surface area (Å²) < 4.78 is 12.8. The molecule has 2 rings (SSSR count). The lowest BCUT2D eigenvalue weighted by atomic mass is 10.2. The Balaban J connectivity index is 2.00. The van der Waals surface area contributed by atoms with Crippen LogP contribution in [0.25, 0.3) is 0 Å². The molecule has 0 bridgehead atoms. The van der Waals surface area contributed by atoms with Crippen molar-refractivity contribution >= 4 is 23.2 Å². The van der Waals surface area contributed by atoms with E-state index in [0.717, 1.165) is 11.0 Å². The minimum Gasteiger partial charge on any atom is -0.332 e. The van der Waals surface area contributed by atoms with E-state index in [-0.39, 0.29) is 17.8 Å². The molecule has 0 aromatic heterocycles. The van der Waals surface area contributed by atoms with Crippen molar-refractivity contribution in [3.05, 3.63) is 70.0 Å². The summed E-state index contributed by atoms with van der Waals surface area (Å²) in [5, 5.41) is 13.3. The normalized spacial score (nSPS) is 10.1. The molecule has 0 aliphatic carbocycles. The molecule has 2 aromatic rings. The number of nitrogens with zero attached hydrogens (tertiary/aromatic N) is 2. The van der Waals surface area contributed by atoms with Gasteiger partial charge in [-0.15, -0.1) is 0 Å². The smallest absolute Gasteiger partial charge is 0.270 e. The fourth-order valence-electron chi connectivity index (χ4n) is 1.99. The van der Waals surface area contributed by atoms with Crippen LogP contribution >= 0.6 is 0 Å². The second kappa shape index (κ2) is 7.32. The molecule has 0 aliphatic rings. The maximum atomic E-state index is 12.8. The van der Waals surface area contributed by atoms with Crippen LogP contribution in [-0.4, -0.2) is 35.2 Å². The fourth-order valence-corrected chi connectivity index (χ4v) is 1.99. The number of nitrogens with one attached hydrogen (secondary N) is 1. The first kappa shape index (κ1) is 17.1. The Labute approximate surface area is 136 Å². The van der Waals surface area contributed by atoms with Gasteiger partial charge in [0.2, 0.25) is 5.91 Å². The monoisotopic (exact) mass is 331 g/mol. The first-order valence-corrected chi connectivity index (χ1v) is 6.92. The second-order valence-electron chi connectivity index (χ2n) is 5.02. The molecule has 0 saturated carbocycles. The summed E-state index contributed by atoms with van der Waals surface area (Å²) in [4.78, 5) is 35.4. The standard InChI is InChI=1S/C16H14FN3O4/c1-19(10-15(21)18-13-7-5-12(17)6-8-13)16(22)11-3-2-4-14(9-11)20(23)24/h2-9H,10H2,1H3,(H,18,21). The van der Waals surface area contributed by atoms with Crippen LogP contribution in [-0.2, 0) is 4.79 Å². The third kappa shape index (κ3) is 4.35. The van der Waals surface area contributed by atoms with E-state index in [9.17, 15) is 24.1 Å². The molecule has 0 unspecified atom stereocenters. The third-order valence-electron chi connectivity index (χ3n) is 3.16. The van der Waals surface area contributed by atoms with Crippen LogP contribution < -0.4 is 5.32 Å². The zero-order valence-corrected chi connectivity index (χ0v) is 12.7. The Morgan fingerprint density at radius 2 is 1.88 bits per heavy atom.